The average molecular weight is 419 g/mol. The second kappa shape index (κ2) is 9.21. The van der Waals surface area contributed by atoms with Crippen molar-refractivity contribution < 1.29 is 0 Å². The summed E-state index contributed by atoms with van der Waals surface area (Å²) in [5.41, 5.74) is 0. The third-order valence-corrected chi connectivity index (χ3v) is 5.17. The molecule has 0 radical (unpaired) electrons. The molecule has 0 saturated carbocycles. The van der Waals surface area contributed by atoms with Gasteiger partial charge in [-0.3, -0.25) is 0 Å². The van der Waals surface area contributed by atoms with Gasteiger partial charge in [0.2, 0.25) is 0 Å². The Morgan fingerprint density at radius 2 is 0.619 bits per heavy atom. The van der Waals surface area contributed by atoms with E-state index in [1.165, 1.54) is 14.7 Å². The van der Waals surface area contributed by atoms with Crippen LogP contribution in [-0.2, 0) is 10.9 Å². The summed E-state index contributed by atoms with van der Waals surface area (Å²) in [6.45, 7) is 0. The molecule has 3 aromatic carbocycles. The van der Waals surface area contributed by atoms with Gasteiger partial charge in [0.15, 0.2) is 14.7 Å². The van der Waals surface area contributed by atoms with E-state index in [4.69, 9.17) is 0 Å². The maximum atomic E-state index is 2.21. The van der Waals surface area contributed by atoms with Crippen LogP contribution in [0.3, 0.4) is 0 Å². The van der Waals surface area contributed by atoms with Gasteiger partial charge in [0.1, 0.15) is 0 Å². The zero-order chi connectivity index (χ0) is 12.9. The Kier molecular flexibility index (Phi) is 7.97. The smallest absolute Gasteiger partial charge is 0.0619 e. The topological polar surface area (TPSA) is 0 Å². The van der Waals surface area contributed by atoms with Crippen molar-refractivity contribution in [3.8, 4) is 0 Å². The average Bonchev–Trinajstić information content (AvgIpc) is 2.51. The van der Waals surface area contributed by atoms with Crippen LogP contribution < -0.4 is 0 Å². The molecular weight excluding hydrogens is 398 g/mol. The van der Waals surface area contributed by atoms with Crippen molar-refractivity contribution in [2.24, 2.45) is 0 Å². The molecule has 0 aliphatic carbocycles. The first-order valence-electron chi connectivity index (χ1n) is 6.34. The summed E-state index contributed by atoms with van der Waals surface area (Å²) in [6.07, 6.45) is 0. The summed E-state index contributed by atoms with van der Waals surface area (Å²) < 4.78 is 0. The van der Waals surface area contributed by atoms with Crippen LogP contribution in [0.1, 0.15) is 0 Å². The molecule has 0 nitrogen and oxygen atoms in total. The van der Waals surface area contributed by atoms with Crippen molar-refractivity contribution in [2.75, 3.05) is 0 Å². The van der Waals surface area contributed by atoms with E-state index in [0.717, 1.165) is 0 Å². The van der Waals surface area contributed by atoms with Gasteiger partial charge in [0, 0.05) is 0 Å². The van der Waals surface area contributed by atoms with E-state index in [1.807, 2.05) is 0 Å². The first-order chi connectivity index (χ1) is 9.45. The standard InChI is InChI=1S/C18H15S.2AsH3/c1-4-10-16(11-5-1)19(17-12-6-2-7-13-17)18-14-8-3-9-15-18;;/h1-15H;2*1H3/q+1;;. The van der Waals surface area contributed by atoms with Crippen molar-refractivity contribution in [2.45, 2.75) is 14.7 Å². The minimum Gasteiger partial charge on any atom is -0.0619 e. The first kappa shape index (κ1) is 18.2. The van der Waals surface area contributed by atoms with Crippen molar-refractivity contribution in [1.82, 2.24) is 0 Å². The van der Waals surface area contributed by atoms with E-state index < -0.39 is 0 Å². The summed E-state index contributed by atoms with van der Waals surface area (Å²) in [5.74, 6) is 0. The van der Waals surface area contributed by atoms with Gasteiger partial charge in [-0.05, 0) is 36.4 Å². The van der Waals surface area contributed by atoms with E-state index >= 15 is 0 Å². The van der Waals surface area contributed by atoms with E-state index in [-0.39, 0.29) is 46.8 Å². The van der Waals surface area contributed by atoms with Gasteiger partial charge in [-0.2, -0.15) is 0 Å². The third kappa shape index (κ3) is 4.55. The van der Waals surface area contributed by atoms with Crippen molar-refractivity contribution in [3.63, 3.8) is 0 Å². The Labute approximate surface area is 152 Å². The molecule has 3 aromatic rings. The van der Waals surface area contributed by atoms with Crippen LogP contribution in [0, 0.1) is 0 Å². The second-order valence-corrected chi connectivity index (χ2v) is 6.27. The Morgan fingerprint density at radius 1 is 0.381 bits per heavy atom. The second-order valence-electron chi connectivity index (χ2n) is 4.25. The summed E-state index contributed by atoms with van der Waals surface area (Å²) in [5, 5.41) is 0. The summed E-state index contributed by atoms with van der Waals surface area (Å²) >= 11 is 0. The van der Waals surface area contributed by atoms with E-state index in [1.54, 1.807) is 0 Å². The number of hydrogen-bond donors (Lipinski definition) is 0. The third-order valence-electron chi connectivity index (χ3n) is 2.94. The molecule has 0 aromatic heterocycles. The Hall–Kier alpha value is -0.873. The summed E-state index contributed by atoms with van der Waals surface area (Å²) in [4.78, 5) is 4.08. The van der Waals surface area contributed by atoms with Crippen LogP contribution in [0.25, 0.3) is 0 Å². The number of benzene rings is 3. The fraction of sp³-hybridized carbons (Fsp3) is 0. The van der Waals surface area contributed by atoms with Gasteiger partial charge in [-0.1, -0.05) is 54.6 Å². The van der Waals surface area contributed by atoms with Gasteiger partial charge in [-0.25, -0.2) is 0 Å². The van der Waals surface area contributed by atoms with Crippen LogP contribution in [0.15, 0.2) is 106 Å². The first-order valence-corrected chi connectivity index (χ1v) is 7.57. The van der Waals surface area contributed by atoms with Crippen molar-refractivity contribution in [1.29, 1.82) is 0 Å². The fourth-order valence-electron chi connectivity index (χ4n) is 2.08. The molecule has 0 aliphatic rings. The zero-order valence-electron chi connectivity index (χ0n) is 12.0. The molecule has 2 atom stereocenters. The molecule has 0 heterocycles. The minimum atomic E-state index is -0.0146. The summed E-state index contributed by atoms with van der Waals surface area (Å²) in [7, 11) is -0.0146. The van der Waals surface area contributed by atoms with Gasteiger partial charge < -0.3 is 0 Å². The molecular formula is C18H21As2S+. The number of hydrogen-bond acceptors (Lipinski definition) is 0. The van der Waals surface area contributed by atoms with E-state index in [0.29, 0.717) is 0 Å². The molecule has 0 spiro atoms. The molecule has 3 heteroatoms. The normalized spacial score (nSPS) is 9.57. The SMILES string of the molecule is [AsH3].[AsH3].c1ccc([S+](c2ccccc2)c2ccccc2)cc1. The van der Waals surface area contributed by atoms with Crippen LogP contribution in [-0.4, -0.2) is 35.9 Å². The summed E-state index contributed by atoms with van der Waals surface area (Å²) in [6, 6.07) is 32.2. The molecule has 0 fully saturated rings. The molecule has 21 heavy (non-hydrogen) atoms. The van der Waals surface area contributed by atoms with Crippen molar-refractivity contribution in [3.05, 3.63) is 91.0 Å². The predicted molar refractivity (Wildman–Crippen MR) is 101 cm³/mol. The van der Waals surface area contributed by atoms with Crippen molar-refractivity contribution >= 4 is 46.8 Å². The van der Waals surface area contributed by atoms with Gasteiger partial charge >= 0.3 is 35.9 Å². The fourth-order valence-corrected chi connectivity index (χ4v) is 4.18. The molecule has 0 aliphatic heterocycles. The van der Waals surface area contributed by atoms with E-state index in [9.17, 15) is 0 Å². The van der Waals surface area contributed by atoms with Gasteiger partial charge in [-0.15, -0.1) is 0 Å². The van der Waals surface area contributed by atoms with Crippen LogP contribution in [0.2, 0.25) is 0 Å². The Balaban J connectivity index is 0.00000110. The molecule has 0 saturated heterocycles. The molecule has 2 unspecified atom stereocenters. The molecule has 108 valence electrons. The van der Waals surface area contributed by atoms with E-state index in [2.05, 4.69) is 91.0 Å². The minimum absolute atomic E-state index is 0. The quantitative estimate of drug-likeness (QED) is 0.452. The maximum absolute atomic E-state index is 2.21. The Bertz CT molecular complexity index is 533. The van der Waals surface area contributed by atoms with Gasteiger partial charge in [0.25, 0.3) is 0 Å². The number of rotatable bonds is 3. The van der Waals surface area contributed by atoms with Crippen LogP contribution >= 0.6 is 0 Å². The molecule has 3 rings (SSSR count). The monoisotopic (exact) mass is 419 g/mol. The molecule has 0 N–H and O–H groups in total. The van der Waals surface area contributed by atoms with Crippen LogP contribution in [0.5, 0.6) is 0 Å². The maximum Gasteiger partial charge on any atom is 0.166 e. The van der Waals surface area contributed by atoms with Gasteiger partial charge in [0.05, 0.1) is 10.9 Å². The zero-order valence-corrected chi connectivity index (χ0v) is 18.7. The molecule has 0 amide bonds. The molecule has 0 bridgehead atoms. The predicted octanol–water partition coefficient (Wildman–Crippen LogP) is 2.41. The Morgan fingerprint density at radius 3 is 0.857 bits per heavy atom. The largest absolute Gasteiger partial charge is 0.166 e. The van der Waals surface area contributed by atoms with Crippen LogP contribution in [0.4, 0.5) is 0 Å².